The van der Waals surface area contributed by atoms with Gasteiger partial charge in [0.05, 0.1) is 11.9 Å². The molecule has 0 fully saturated rings. The summed E-state index contributed by atoms with van der Waals surface area (Å²) >= 11 is 1.86. The molecular formula is C12H20N2OS. The Morgan fingerprint density at radius 3 is 2.62 bits per heavy atom. The Hall–Kier alpha value is -0.610. The number of thioether (sulfide) groups is 1. The molecular weight excluding hydrogens is 220 g/mol. The molecule has 2 atom stereocenters. The number of aromatic nitrogens is 2. The number of hydrogen-bond donors (Lipinski definition) is 1. The Labute approximate surface area is 102 Å². The van der Waals surface area contributed by atoms with Crippen molar-refractivity contribution in [3.63, 3.8) is 0 Å². The van der Waals surface area contributed by atoms with E-state index in [-0.39, 0.29) is 0 Å². The zero-order valence-electron chi connectivity index (χ0n) is 10.4. The molecule has 0 radical (unpaired) electrons. The molecule has 90 valence electrons. The number of aryl methyl sites for hydroxylation is 1. The van der Waals surface area contributed by atoms with E-state index < -0.39 is 6.10 Å². The van der Waals surface area contributed by atoms with Crippen LogP contribution < -0.4 is 0 Å². The molecule has 1 aromatic rings. The van der Waals surface area contributed by atoms with E-state index >= 15 is 0 Å². The lowest BCUT2D eigenvalue weighted by molar-refractivity contribution is 0.197. The van der Waals surface area contributed by atoms with Gasteiger partial charge in [0.1, 0.15) is 5.82 Å². The molecule has 0 saturated heterocycles. The molecule has 1 unspecified atom stereocenters. The third kappa shape index (κ3) is 3.76. The normalized spacial score (nSPS) is 14.8. The molecule has 1 aromatic heterocycles. The fourth-order valence-electron chi connectivity index (χ4n) is 1.34. The fourth-order valence-corrected chi connectivity index (χ4v) is 2.15. The van der Waals surface area contributed by atoms with Gasteiger partial charge in [0.15, 0.2) is 0 Å². The first-order valence-corrected chi connectivity index (χ1v) is 6.71. The second-order valence-electron chi connectivity index (χ2n) is 4.03. The first-order valence-electron chi connectivity index (χ1n) is 5.66. The Morgan fingerprint density at radius 2 is 2.12 bits per heavy atom. The minimum absolute atomic E-state index is 0.490. The van der Waals surface area contributed by atoms with E-state index in [1.807, 2.05) is 18.7 Å². The molecule has 0 amide bonds. The highest BCUT2D eigenvalue weighted by Crippen LogP contribution is 2.19. The molecule has 0 aromatic carbocycles. The summed E-state index contributed by atoms with van der Waals surface area (Å²) in [5.41, 5.74) is 1.70. The largest absolute Gasteiger partial charge is 0.389 e. The van der Waals surface area contributed by atoms with Crippen LogP contribution in [0.1, 0.15) is 50.4 Å². The molecule has 1 rings (SSSR count). The van der Waals surface area contributed by atoms with Crippen molar-refractivity contribution >= 4 is 11.8 Å². The highest BCUT2D eigenvalue weighted by Gasteiger charge is 2.08. The van der Waals surface area contributed by atoms with Crippen LogP contribution in [0.15, 0.2) is 6.20 Å². The van der Waals surface area contributed by atoms with Gasteiger partial charge in [-0.25, -0.2) is 9.97 Å². The van der Waals surface area contributed by atoms with Crippen LogP contribution in [0.25, 0.3) is 0 Å². The van der Waals surface area contributed by atoms with Crippen molar-refractivity contribution in [2.45, 2.75) is 51.2 Å². The predicted molar refractivity (Wildman–Crippen MR) is 68.5 cm³/mol. The lowest BCUT2D eigenvalue weighted by Crippen LogP contribution is -2.04. The average Bonchev–Trinajstić information content (AvgIpc) is 2.25. The molecule has 0 spiro atoms. The zero-order chi connectivity index (χ0) is 12.1. The second kappa shape index (κ2) is 6.21. The van der Waals surface area contributed by atoms with Crippen molar-refractivity contribution in [1.82, 2.24) is 9.97 Å². The molecule has 0 bridgehead atoms. The van der Waals surface area contributed by atoms with Gasteiger partial charge in [-0.3, -0.25) is 0 Å². The maximum atomic E-state index is 9.47. The van der Waals surface area contributed by atoms with Crippen molar-refractivity contribution in [3.8, 4) is 0 Å². The lowest BCUT2D eigenvalue weighted by atomic mass is 10.1. The summed E-state index contributed by atoms with van der Waals surface area (Å²) in [4.78, 5) is 8.68. The maximum absolute atomic E-state index is 9.47. The van der Waals surface area contributed by atoms with Gasteiger partial charge in [0.2, 0.25) is 0 Å². The van der Waals surface area contributed by atoms with Crippen LogP contribution in [0, 0.1) is 6.92 Å². The number of aliphatic hydroxyl groups excluding tert-OH is 1. The molecule has 0 aliphatic carbocycles. The van der Waals surface area contributed by atoms with Crippen molar-refractivity contribution < 1.29 is 5.11 Å². The van der Waals surface area contributed by atoms with E-state index in [1.165, 1.54) is 0 Å². The quantitative estimate of drug-likeness (QED) is 0.859. The van der Waals surface area contributed by atoms with Gasteiger partial charge >= 0.3 is 0 Å². The highest BCUT2D eigenvalue weighted by atomic mass is 32.2. The Morgan fingerprint density at radius 1 is 1.44 bits per heavy atom. The smallest absolute Gasteiger partial charge is 0.138 e. The fraction of sp³-hybridized carbons (Fsp3) is 0.667. The van der Waals surface area contributed by atoms with Gasteiger partial charge < -0.3 is 5.11 Å². The minimum Gasteiger partial charge on any atom is -0.389 e. The SMILES string of the molecule is CCC(C)SCc1ncc([C@H](C)O)c(C)n1. The van der Waals surface area contributed by atoms with E-state index in [4.69, 9.17) is 0 Å². The summed E-state index contributed by atoms with van der Waals surface area (Å²) in [5.74, 6) is 1.70. The average molecular weight is 240 g/mol. The van der Waals surface area contributed by atoms with Crippen LogP contribution in [0.5, 0.6) is 0 Å². The second-order valence-corrected chi connectivity index (χ2v) is 5.46. The number of nitrogens with zero attached hydrogens (tertiary/aromatic N) is 2. The van der Waals surface area contributed by atoms with Crippen molar-refractivity contribution in [1.29, 1.82) is 0 Å². The monoisotopic (exact) mass is 240 g/mol. The summed E-state index contributed by atoms with van der Waals surface area (Å²) in [5, 5.41) is 10.1. The van der Waals surface area contributed by atoms with Gasteiger partial charge in [-0.05, 0) is 20.3 Å². The molecule has 3 nitrogen and oxygen atoms in total. The molecule has 0 aliphatic rings. The van der Waals surface area contributed by atoms with Crippen LogP contribution in [-0.4, -0.2) is 20.3 Å². The van der Waals surface area contributed by atoms with Crippen LogP contribution in [0.4, 0.5) is 0 Å². The highest BCUT2D eigenvalue weighted by molar-refractivity contribution is 7.99. The van der Waals surface area contributed by atoms with Gasteiger partial charge in [0, 0.05) is 22.7 Å². The zero-order valence-corrected chi connectivity index (χ0v) is 11.2. The van der Waals surface area contributed by atoms with Crippen LogP contribution in [0.2, 0.25) is 0 Å². The van der Waals surface area contributed by atoms with Crippen LogP contribution in [-0.2, 0) is 5.75 Å². The summed E-state index contributed by atoms with van der Waals surface area (Å²) in [6.07, 6.45) is 2.41. The molecule has 4 heteroatoms. The number of aliphatic hydroxyl groups is 1. The number of hydrogen-bond acceptors (Lipinski definition) is 4. The summed E-state index contributed by atoms with van der Waals surface area (Å²) in [6, 6.07) is 0. The summed E-state index contributed by atoms with van der Waals surface area (Å²) in [7, 11) is 0. The third-order valence-electron chi connectivity index (χ3n) is 2.59. The Kier molecular flexibility index (Phi) is 5.22. The van der Waals surface area contributed by atoms with Gasteiger partial charge in [-0.1, -0.05) is 13.8 Å². The van der Waals surface area contributed by atoms with E-state index in [2.05, 4.69) is 23.8 Å². The molecule has 0 aliphatic heterocycles. The number of rotatable bonds is 5. The van der Waals surface area contributed by atoms with Crippen LogP contribution in [0.3, 0.4) is 0 Å². The van der Waals surface area contributed by atoms with Gasteiger partial charge in [0.25, 0.3) is 0 Å². The first-order chi connectivity index (χ1) is 7.54. The standard InChI is InChI=1S/C12H20N2OS/c1-5-8(2)16-7-12-13-6-11(10(4)15)9(3)14-12/h6,8,10,15H,5,7H2,1-4H3/t8?,10-/m0/s1. The van der Waals surface area contributed by atoms with Crippen molar-refractivity contribution in [3.05, 3.63) is 23.3 Å². The van der Waals surface area contributed by atoms with E-state index in [9.17, 15) is 5.11 Å². The van der Waals surface area contributed by atoms with E-state index in [0.717, 1.165) is 29.3 Å². The van der Waals surface area contributed by atoms with Gasteiger partial charge in [-0.15, -0.1) is 0 Å². The molecule has 1 N–H and O–H groups in total. The van der Waals surface area contributed by atoms with Crippen LogP contribution >= 0.6 is 11.8 Å². The molecule has 16 heavy (non-hydrogen) atoms. The summed E-state index contributed by atoms with van der Waals surface area (Å²) < 4.78 is 0. The van der Waals surface area contributed by atoms with E-state index in [0.29, 0.717) is 5.25 Å². The molecule has 1 heterocycles. The van der Waals surface area contributed by atoms with E-state index in [1.54, 1.807) is 13.1 Å². The minimum atomic E-state index is -0.490. The third-order valence-corrected chi connectivity index (χ3v) is 3.92. The van der Waals surface area contributed by atoms with Gasteiger partial charge in [-0.2, -0.15) is 11.8 Å². The topological polar surface area (TPSA) is 46.0 Å². The molecule has 0 saturated carbocycles. The summed E-state index contributed by atoms with van der Waals surface area (Å²) in [6.45, 7) is 8.04. The first kappa shape index (κ1) is 13.5. The van der Waals surface area contributed by atoms with Crippen molar-refractivity contribution in [2.75, 3.05) is 0 Å². The maximum Gasteiger partial charge on any atom is 0.138 e. The van der Waals surface area contributed by atoms with Crippen molar-refractivity contribution in [2.24, 2.45) is 0 Å². The Balaban J connectivity index is 2.66. The predicted octanol–water partition coefficient (Wildman–Crippen LogP) is 2.87. The lowest BCUT2D eigenvalue weighted by Gasteiger charge is -2.10. The Bertz CT molecular complexity index is 342.